The van der Waals surface area contributed by atoms with Crippen molar-refractivity contribution < 1.29 is 14.7 Å². The predicted molar refractivity (Wildman–Crippen MR) is 68.4 cm³/mol. The highest BCUT2D eigenvalue weighted by Crippen LogP contribution is 2.20. The van der Waals surface area contributed by atoms with Crippen molar-refractivity contribution in [2.45, 2.75) is 18.6 Å². The molecule has 19 heavy (non-hydrogen) atoms. The summed E-state index contributed by atoms with van der Waals surface area (Å²) in [6.07, 6.45) is 1.24. The van der Waals surface area contributed by atoms with Crippen molar-refractivity contribution in [3.63, 3.8) is 0 Å². The van der Waals surface area contributed by atoms with Gasteiger partial charge in [0.05, 0.1) is 5.92 Å². The summed E-state index contributed by atoms with van der Waals surface area (Å²) < 4.78 is 1.46. The van der Waals surface area contributed by atoms with Crippen LogP contribution in [0.25, 0.3) is 0 Å². The standard InChI is InChI=1S/C11H13N3O4S/c1-6(10(17)18)4-12-8(15)7-5-13-11-14(9(7)16)2-3-19-11/h5-6H,2-4H2,1H3,(H,12,15)(H,17,18). The molecular weight excluding hydrogens is 270 g/mol. The number of aromatic nitrogens is 2. The number of aliphatic carboxylic acids is 1. The molecule has 2 rings (SSSR count). The lowest BCUT2D eigenvalue weighted by molar-refractivity contribution is -0.140. The molecule has 0 bridgehead atoms. The normalized spacial score (nSPS) is 14.8. The fraction of sp³-hybridized carbons (Fsp3) is 0.455. The van der Waals surface area contributed by atoms with E-state index in [0.717, 1.165) is 5.75 Å². The summed E-state index contributed by atoms with van der Waals surface area (Å²) in [5, 5.41) is 11.8. The highest BCUT2D eigenvalue weighted by molar-refractivity contribution is 7.99. The number of carboxylic acid groups (broad SMARTS) is 1. The zero-order chi connectivity index (χ0) is 14.0. The fourth-order valence-electron chi connectivity index (χ4n) is 1.60. The number of carbonyl (C=O) groups is 2. The van der Waals surface area contributed by atoms with E-state index in [9.17, 15) is 14.4 Å². The number of hydrogen-bond acceptors (Lipinski definition) is 5. The fourth-order valence-corrected chi connectivity index (χ4v) is 2.52. The first-order chi connectivity index (χ1) is 9.00. The molecule has 2 N–H and O–H groups in total. The lowest BCUT2D eigenvalue weighted by atomic mass is 10.2. The van der Waals surface area contributed by atoms with E-state index < -0.39 is 17.8 Å². The minimum Gasteiger partial charge on any atom is -0.481 e. The van der Waals surface area contributed by atoms with Crippen molar-refractivity contribution in [2.24, 2.45) is 5.92 Å². The van der Waals surface area contributed by atoms with Gasteiger partial charge in [-0.2, -0.15) is 0 Å². The second kappa shape index (κ2) is 5.43. The number of carboxylic acids is 1. The smallest absolute Gasteiger partial charge is 0.308 e. The Bertz CT molecular complexity index is 584. The Balaban J connectivity index is 2.12. The number of nitrogens with one attached hydrogen (secondary N) is 1. The van der Waals surface area contributed by atoms with E-state index in [1.54, 1.807) is 0 Å². The molecule has 102 valence electrons. The van der Waals surface area contributed by atoms with Crippen LogP contribution in [0.15, 0.2) is 16.1 Å². The maximum absolute atomic E-state index is 12.0. The van der Waals surface area contributed by atoms with Crippen LogP contribution in [0.2, 0.25) is 0 Å². The first-order valence-electron chi connectivity index (χ1n) is 5.74. The molecule has 8 heteroatoms. The van der Waals surface area contributed by atoms with E-state index in [-0.39, 0.29) is 17.7 Å². The van der Waals surface area contributed by atoms with Gasteiger partial charge in [-0.05, 0) is 0 Å². The molecule has 0 aromatic carbocycles. The third-order valence-electron chi connectivity index (χ3n) is 2.79. The Morgan fingerprint density at radius 2 is 2.37 bits per heavy atom. The lowest BCUT2D eigenvalue weighted by Gasteiger charge is -2.09. The number of amides is 1. The molecule has 1 atom stereocenters. The second-order valence-corrected chi connectivity index (χ2v) is 5.27. The van der Waals surface area contributed by atoms with E-state index in [2.05, 4.69) is 10.3 Å². The monoisotopic (exact) mass is 283 g/mol. The first-order valence-corrected chi connectivity index (χ1v) is 6.73. The van der Waals surface area contributed by atoms with Crippen LogP contribution in [0.4, 0.5) is 0 Å². The van der Waals surface area contributed by atoms with Crippen molar-refractivity contribution >= 4 is 23.6 Å². The molecule has 1 amide bonds. The van der Waals surface area contributed by atoms with Crippen molar-refractivity contribution in [1.29, 1.82) is 0 Å². The van der Waals surface area contributed by atoms with Gasteiger partial charge in [-0.15, -0.1) is 0 Å². The molecule has 1 aliphatic heterocycles. The largest absolute Gasteiger partial charge is 0.481 e. The summed E-state index contributed by atoms with van der Waals surface area (Å²) in [5.74, 6) is -1.52. The number of carbonyl (C=O) groups excluding carboxylic acids is 1. The quantitative estimate of drug-likeness (QED) is 0.742. The van der Waals surface area contributed by atoms with Gasteiger partial charge in [-0.1, -0.05) is 18.7 Å². The van der Waals surface area contributed by atoms with Crippen LogP contribution in [0.5, 0.6) is 0 Å². The average molecular weight is 283 g/mol. The van der Waals surface area contributed by atoms with E-state index in [0.29, 0.717) is 11.7 Å². The molecular formula is C11H13N3O4S. The van der Waals surface area contributed by atoms with Crippen LogP contribution in [0, 0.1) is 5.92 Å². The van der Waals surface area contributed by atoms with Gasteiger partial charge in [0, 0.05) is 25.0 Å². The first kappa shape index (κ1) is 13.6. The minimum atomic E-state index is -1.000. The van der Waals surface area contributed by atoms with Crippen LogP contribution < -0.4 is 10.9 Å². The molecule has 0 aliphatic carbocycles. The van der Waals surface area contributed by atoms with Gasteiger partial charge in [0.15, 0.2) is 5.16 Å². The Hall–Kier alpha value is -1.83. The molecule has 0 radical (unpaired) electrons. The number of thioether (sulfide) groups is 1. The van der Waals surface area contributed by atoms with Crippen LogP contribution in [0.1, 0.15) is 17.3 Å². The van der Waals surface area contributed by atoms with Crippen LogP contribution in [0.3, 0.4) is 0 Å². The summed E-state index contributed by atoms with van der Waals surface area (Å²) >= 11 is 1.47. The average Bonchev–Trinajstić information content (AvgIpc) is 2.85. The predicted octanol–water partition coefficient (Wildman–Crippen LogP) is -0.201. The van der Waals surface area contributed by atoms with Gasteiger partial charge in [0.2, 0.25) is 0 Å². The van der Waals surface area contributed by atoms with Gasteiger partial charge >= 0.3 is 5.97 Å². The minimum absolute atomic E-state index is 0.0237. The number of rotatable bonds is 4. The summed E-state index contributed by atoms with van der Waals surface area (Å²) in [7, 11) is 0. The maximum Gasteiger partial charge on any atom is 0.308 e. The molecule has 0 fully saturated rings. The highest BCUT2D eigenvalue weighted by atomic mass is 32.2. The van der Waals surface area contributed by atoms with Gasteiger partial charge in [-0.25, -0.2) is 4.98 Å². The van der Waals surface area contributed by atoms with Crippen LogP contribution >= 0.6 is 11.8 Å². The summed E-state index contributed by atoms with van der Waals surface area (Å²) in [5.41, 5.74) is -0.431. The van der Waals surface area contributed by atoms with Gasteiger partial charge < -0.3 is 10.4 Å². The molecule has 1 aromatic rings. The molecule has 0 saturated heterocycles. The van der Waals surface area contributed by atoms with Gasteiger partial charge in [0.25, 0.3) is 11.5 Å². The van der Waals surface area contributed by atoms with Crippen LogP contribution in [-0.4, -0.2) is 38.8 Å². The van der Waals surface area contributed by atoms with Crippen molar-refractivity contribution in [3.8, 4) is 0 Å². The third-order valence-corrected chi connectivity index (χ3v) is 3.76. The lowest BCUT2D eigenvalue weighted by Crippen LogP contribution is -2.36. The van der Waals surface area contributed by atoms with Crippen molar-refractivity contribution in [2.75, 3.05) is 12.3 Å². The highest BCUT2D eigenvalue weighted by Gasteiger charge is 2.20. The third kappa shape index (κ3) is 2.78. The maximum atomic E-state index is 12.0. The molecule has 1 aromatic heterocycles. The van der Waals surface area contributed by atoms with Gasteiger partial charge in [0.1, 0.15) is 5.56 Å². The van der Waals surface area contributed by atoms with E-state index in [1.807, 2.05) is 0 Å². The summed E-state index contributed by atoms with van der Waals surface area (Å²) in [6.45, 7) is 2.00. The molecule has 7 nitrogen and oxygen atoms in total. The zero-order valence-corrected chi connectivity index (χ0v) is 11.1. The molecule has 0 spiro atoms. The summed E-state index contributed by atoms with van der Waals surface area (Å²) in [6, 6.07) is 0. The van der Waals surface area contributed by atoms with E-state index in [1.165, 1.54) is 29.4 Å². The van der Waals surface area contributed by atoms with Gasteiger partial charge in [-0.3, -0.25) is 19.0 Å². The Morgan fingerprint density at radius 1 is 1.63 bits per heavy atom. The molecule has 0 saturated carbocycles. The molecule has 2 heterocycles. The number of hydrogen-bond donors (Lipinski definition) is 2. The van der Waals surface area contributed by atoms with Crippen LogP contribution in [-0.2, 0) is 11.3 Å². The molecule has 1 aliphatic rings. The Labute approximate surface area is 113 Å². The van der Waals surface area contributed by atoms with Crippen molar-refractivity contribution in [3.05, 3.63) is 22.1 Å². The zero-order valence-electron chi connectivity index (χ0n) is 10.3. The number of fused-ring (bicyclic) bond motifs is 1. The van der Waals surface area contributed by atoms with E-state index >= 15 is 0 Å². The Morgan fingerprint density at radius 3 is 3.05 bits per heavy atom. The molecule has 1 unspecified atom stereocenters. The Kier molecular flexibility index (Phi) is 3.89. The number of nitrogens with zero attached hydrogens (tertiary/aromatic N) is 2. The SMILES string of the molecule is CC(CNC(=O)c1cnc2n(c1=O)CCS2)C(=O)O. The van der Waals surface area contributed by atoms with E-state index in [4.69, 9.17) is 5.11 Å². The summed E-state index contributed by atoms with van der Waals surface area (Å²) in [4.78, 5) is 38.5. The second-order valence-electron chi connectivity index (χ2n) is 4.21. The van der Waals surface area contributed by atoms with Crippen molar-refractivity contribution in [1.82, 2.24) is 14.9 Å². The topological polar surface area (TPSA) is 101 Å².